The van der Waals surface area contributed by atoms with Crippen LogP contribution in [0, 0.1) is 0 Å². The van der Waals surface area contributed by atoms with Crippen molar-refractivity contribution in [1.82, 2.24) is 15.5 Å². The molecule has 8 nitrogen and oxygen atoms in total. The quantitative estimate of drug-likeness (QED) is 0.596. The fourth-order valence-corrected chi connectivity index (χ4v) is 6.73. The monoisotopic (exact) mass is 469 g/mol. The van der Waals surface area contributed by atoms with Crippen LogP contribution in [0.3, 0.4) is 0 Å². The maximum Gasteiger partial charge on any atom is 0.325 e. The summed E-state index contributed by atoms with van der Waals surface area (Å²) in [7, 11) is -3.21. The van der Waals surface area contributed by atoms with E-state index in [9.17, 15) is 22.8 Å². The van der Waals surface area contributed by atoms with Crippen LogP contribution < -0.4 is 10.6 Å². The Morgan fingerprint density at radius 2 is 1.55 bits per heavy atom. The van der Waals surface area contributed by atoms with Gasteiger partial charge in [-0.15, -0.1) is 0 Å². The van der Waals surface area contributed by atoms with Crippen LogP contribution in [-0.4, -0.2) is 60.3 Å². The molecule has 2 aromatic carbocycles. The van der Waals surface area contributed by atoms with Gasteiger partial charge in [0, 0.05) is 12.8 Å². The predicted octanol–water partition coefficient (Wildman–Crippen LogP) is 1.46. The zero-order valence-corrected chi connectivity index (χ0v) is 19.2. The van der Waals surface area contributed by atoms with E-state index in [2.05, 4.69) is 10.6 Å². The summed E-state index contributed by atoms with van der Waals surface area (Å²) in [5.74, 6) is -1.19. The third-order valence-electron chi connectivity index (χ3n) is 6.19. The van der Waals surface area contributed by atoms with Gasteiger partial charge in [-0.05, 0) is 24.5 Å². The number of imide groups is 1. The number of nitrogens with one attached hydrogen (secondary N) is 2. The highest BCUT2D eigenvalue weighted by molar-refractivity contribution is 7.91. The average Bonchev–Trinajstić information content (AvgIpc) is 3.15. The second-order valence-electron chi connectivity index (χ2n) is 9.18. The fraction of sp³-hybridized carbons (Fsp3) is 0.375. The number of carbonyl (C=O) groups excluding carboxylic acids is 3. The highest BCUT2D eigenvalue weighted by Crippen LogP contribution is 2.28. The van der Waals surface area contributed by atoms with Gasteiger partial charge in [0.25, 0.3) is 5.91 Å². The van der Waals surface area contributed by atoms with Gasteiger partial charge in [-0.3, -0.25) is 14.5 Å². The Balaban J connectivity index is 1.55. The van der Waals surface area contributed by atoms with E-state index in [1.165, 1.54) is 0 Å². The fourth-order valence-electron chi connectivity index (χ4n) is 4.64. The second-order valence-corrected chi connectivity index (χ2v) is 11.4. The summed E-state index contributed by atoms with van der Waals surface area (Å²) in [5, 5.41) is 5.56. The molecular weight excluding hydrogens is 442 g/mol. The molecule has 1 unspecified atom stereocenters. The highest BCUT2D eigenvalue weighted by atomic mass is 32.2. The summed E-state index contributed by atoms with van der Waals surface area (Å²) in [6.07, 6.45) is 0.857. The lowest BCUT2D eigenvalue weighted by Gasteiger charge is -2.28. The molecule has 2 fully saturated rings. The van der Waals surface area contributed by atoms with E-state index in [0.29, 0.717) is 6.42 Å². The van der Waals surface area contributed by atoms with E-state index in [4.69, 9.17) is 0 Å². The van der Waals surface area contributed by atoms with Crippen molar-refractivity contribution in [3.63, 3.8) is 0 Å². The lowest BCUT2D eigenvalue weighted by atomic mass is 9.84. The normalized spacial score (nSPS) is 23.4. The molecule has 2 heterocycles. The van der Waals surface area contributed by atoms with Gasteiger partial charge in [0.15, 0.2) is 9.84 Å². The van der Waals surface area contributed by atoms with Gasteiger partial charge in [0.1, 0.15) is 12.1 Å². The molecule has 2 aromatic rings. The van der Waals surface area contributed by atoms with Crippen molar-refractivity contribution in [2.75, 3.05) is 18.1 Å². The van der Waals surface area contributed by atoms with E-state index in [1.807, 2.05) is 60.7 Å². The van der Waals surface area contributed by atoms with Crippen molar-refractivity contribution < 1.29 is 22.8 Å². The summed E-state index contributed by atoms with van der Waals surface area (Å²) in [5.41, 5.74) is -0.352. The van der Waals surface area contributed by atoms with Crippen LogP contribution in [0.15, 0.2) is 60.7 Å². The van der Waals surface area contributed by atoms with E-state index in [1.54, 1.807) is 6.92 Å². The highest BCUT2D eigenvalue weighted by Gasteiger charge is 2.52. The summed E-state index contributed by atoms with van der Waals surface area (Å²) in [6.45, 7) is 1.20. The van der Waals surface area contributed by atoms with E-state index in [-0.39, 0.29) is 24.3 Å². The minimum atomic E-state index is -3.21. The van der Waals surface area contributed by atoms with Crippen molar-refractivity contribution >= 4 is 27.7 Å². The number of hydrogen-bond donors (Lipinski definition) is 2. The summed E-state index contributed by atoms with van der Waals surface area (Å²) in [6, 6.07) is 18.2. The van der Waals surface area contributed by atoms with Crippen LogP contribution in [0.2, 0.25) is 0 Å². The lowest BCUT2D eigenvalue weighted by Crippen LogP contribution is -2.53. The zero-order chi connectivity index (χ0) is 23.7. The molecule has 1 atom stereocenters. The number of amides is 4. The van der Waals surface area contributed by atoms with Crippen LogP contribution >= 0.6 is 0 Å². The molecule has 2 N–H and O–H groups in total. The zero-order valence-electron chi connectivity index (χ0n) is 18.4. The molecule has 174 valence electrons. The van der Waals surface area contributed by atoms with Gasteiger partial charge in [-0.1, -0.05) is 60.7 Å². The van der Waals surface area contributed by atoms with Crippen LogP contribution in [0.25, 0.3) is 0 Å². The molecule has 0 saturated carbocycles. The third kappa shape index (κ3) is 5.08. The summed E-state index contributed by atoms with van der Waals surface area (Å²) < 4.78 is 23.7. The largest absolute Gasteiger partial charge is 0.348 e. The van der Waals surface area contributed by atoms with E-state index in [0.717, 1.165) is 16.0 Å². The molecular formula is C24H27N3O5S. The topological polar surface area (TPSA) is 113 Å². The van der Waals surface area contributed by atoms with Crippen LogP contribution in [0.1, 0.15) is 24.5 Å². The van der Waals surface area contributed by atoms with Crippen molar-refractivity contribution in [1.29, 1.82) is 0 Å². The van der Waals surface area contributed by atoms with Crippen LogP contribution in [-0.2, 0) is 32.3 Å². The molecule has 9 heteroatoms. The molecule has 0 aromatic heterocycles. The van der Waals surface area contributed by atoms with Gasteiger partial charge >= 0.3 is 6.03 Å². The molecule has 2 saturated heterocycles. The maximum atomic E-state index is 13.6. The Morgan fingerprint density at radius 1 is 1.00 bits per heavy atom. The molecule has 0 spiro atoms. The lowest BCUT2D eigenvalue weighted by molar-refractivity contribution is -0.135. The first kappa shape index (κ1) is 23.0. The molecule has 33 heavy (non-hydrogen) atoms. The van der Waals surface area contributed by atoms with Crippen molar-refractivity contribution in [2.45, 2.75) is 37.3 Å². The van der Waals surface area contributed by atoms with Gasteiger partial charge < -0.3 is 10.6 Å². The van der Waals surface area contributed by atoms with Crippen LogP contribution in [0.5, 0.6) is 0 Å². The molecule has 0 aliphatic carbocycles. The summed E-state index contributed by atoms with van der Waals surface area (Å²) in [4.78, 5) is 40.1. The molecule has 0 radical (unpaired) electrons. The third-order valence-corrected chi connectivity index (χ3v) is 8.09. The standard InChI is InChI=1S/C24H27N3O5S/c1-23(12-13-33(31,32)17-23)25-20(28)16-27-21(29)24(26-22(27)30,14-18-8-4-2-5-9-18)15-19-10-6-3-7-11-19/h2-11H,12-17H2,1H3,(H,25,28)(H,26,30). The van der Waals surface area contributed by atoms with E-state index >= 15 is 0 Å². The van der Waals surface area contributed by atoms with Crippen LogP contribution in [0.4, 0.5) is 4.79 Å². The minimum Gasteiger partial charge on any atom is -0.348 e. The SMILES string of the molecule is CC1(NC(=O)CN2C(=O)NC(Cc3ccccc3)(Cc3ccccc3)C2=O)CCS(=O)(=O)C1. The predicted molar refractivity (Wildman–Crippen MR) is 123 cm³/mol. The number of urea groups is 1. The molecule has 4 rings (SSSR count). The Kier molecular flexibility index (Phi) is 6.00. The number of nitrogens with zero attached hydrogens (tertiary/aromatic N) is 1. The smallest absolute Gasteiger partial charge is 0.325 e. The van der Waals surface area contributed by atoms with E-state index < -0.39 is 45.3 Å². The molecule has 0 bridgehead atoms. The van der Waals surface area contributed by atoms with Gasteiger partial charge in [0.2, 0.25) is 5.91 Å². The first-order valence-corrected chi connectivity index (χ1v) is 12.7. The number of hydrogen-bond acceptors (Lipinski definition) is 5. The Bertz CT molecular complexity index is 1130. The second kappa shape index (κ2) is 8.62. The average molecular weight is 470 g/mol. The van der Waals surface area contributed by atoms with Crippen molar-refractivity contribution in [3.05, 3.63) is 71.8 Å². The van der Waals surface area contributed by atoms with Crippen molar-refractivity contribution in [2.24, 2.45) is 0 Å². The number of carbonyl (C=O) groups is 3. The van der Waals surface area contributed by atoms with Gasteiger partial charge in [-0.2, -0.15) is 0 Å². The Morgan fingerprint density at radius 3 is 2.03 bits per heavy atom. The van der Waals surface area contributed by atoms with Gasteiger partial charge in [0.05, 0.1) is 17.0 Å². The minimum absolute atomic E-state index is 0.00414. The molecule has 4 amide bonds. The van der Waals surface area contributed by atoms with Crippen molar-refractivity contribution in [3.8, 4) is 0 Å². The first-order valence-electron chi connectivity index (χ1n) is 10.8. The number of benzene rings is 2. The maximum absolute atomic E-state index is 13.6. The first-order chi connectivity index (χ1) is 15.6. The Hall–Kier alpha value is -3.20. The number of rotatable bonds is 7. The Labute approximate surface area is 193 Å². The molecule has 2 aliphatic rings. The summed E-state index contributed by atoms with van der Waals surface area (Å²) >= 11 is 0. The molecule has 2 aliphatic heterocycles. The van der Waals surface area contributed by atoms with Gasteiger partial charge in [-0.25, -0.2) is 13.2 Å². The number of sulfone groups is 1.